The van der Waals surface area contributed by atoms with Crippen molar-refractivity contribution >= 4 is 23.2 Å². The number of nitrogens with one attached hydrogen (secondary N) is 1. The fourth-order valence-corrected chi connectivity index (χ4v) is 2.53. The molecular formula is C17H15N3O3. The van der Waals surface area contributed by atoms with Gasteiger partial charge in [0.15, 0.2) is 0 Å². The van der Waals surface area contributed by atoms with E-state index in [1.807, 2.05) is 24.3 Å². The van der Waals surface area contributed by atoms with E-state index in [0.717, 1.165) is 16.8 Å². The third-order valence-corrected chi connectivity index (χ3v) is 3.79. The molecule has 6 nitrogen and oxygen atoms in total. The summed E-state index contributed by atoms with van der Waals surface area (Å²) in [4.78, 5) is 29.5. The van der Waals surface area contributed by atoms with Gasteiger partial charge in [0.1, 0.15) is 6.54 Å². The van der Waals surface area contributed by atoms with E-state index in [4.69, 9.17) is 5.21 Å². The maximum absolute atomic E-state index is 12.1. The molecule has 6 heteroatoms. The van der Waals surface area contributed by atoms with Gasteiger partial charge < -0.3 is 4.90 Å². The number of nitrogens with zero attached hydrogens (tertiary/aromatic N) is 2. The Hall–Kier alpha value is -2.99. The van der Waals surface area contributed by atoms with Crippen molar-refractivity contribution in [2.24, 2.45) is 4.99 Å². The van der Waals surface area contributed by atoms with Crippen LogP contribution in [0.2, 0.25) is 0 Å². The van der Waals surface area contributed by atoms with Crippen LogP contribution < -0.4 is 10.4 Å². The van der Waals surface area contributed by atoms with Crippen LogP contribution in [0, 0.1) is 0 Å². The molecule has 3 rings (SSSR count). The van der Waals surface area contributed by atoms with Gasteiger partial charge in [0.05, 0.1) is 11.4 Å². The Labute approximate surface area is 133 Å². The first-order valence-electron chi connectivity index (χ1n) is 7.07. The molecule has 0 unspecified atom stereocenters. The van der Waals surface area contributed by atoms with Crippen molar-refractivity contribution in [2.45, 2.75) is 0 Å². The fraction of sp³-hybridized carbons (Fsp3) is 0.118. The van der Waals surface area contributed by atoms with Crippen LogP contribution in [0.25, 0.3) is 0 Å². The highest BCUT2D eigenvalue weighted by Crippen LogP contribution is 2.25. The number of hydrogen-bond donors (Lipinski definition) is 2. The molecule has 2 N–H and O–H groups in total. The highest BCUT2D eigenvalue weighted by atomic mass is 16.5. The third kappa shape index (κ3) is 2.72. The Morgan fingerprint density at radius 3 is 2.57 bits per heavy atom. The molecule has 116 valence electrons. The topological polar surface area (TPSA) is 82.0 Å². The zero-order chi connectivity index (χ0) is 16.4. The largest absolute Gasteiger partial charge is 0.313 e. The number of anilines is 1. The maximum atomic E-state index is 12.1. The monoisotopic (exact) mass is 309 g/mol. The molecule has 1 aliphatic heterocycles. The molecule has 0 bridgehead atoms. The Balaban J connectivity index is 2.07. The summed E-state index contributed by atoms with van der Waals surface area (Å²) in [5.74, 6) is -0.654. The van der Waals surface area contributed by atoms with Gasteiger partial charge in [0, 0.05) is 23.7 Å². The molecule has 2 aromatic rings. The van der Waals surface area contributed by atoms with E-state index < -0.39 is 5.91 Å². The number of amides is 2. The molecule has 1 aliphatic rings. The Morgan fingerprint density at radius 2 is 1.87 bits per heavy atom. The molecule has 0 spiro atoms. The molecule has 23 heavy (non-hydrogen) atoms. The van der Waals surface area contributed by atoms with E-state index in [-0.39, 0.29) is 12.5 Å². The molecule has 0 radical (unpaired) electrons. The van der Waals surface area contributed by atoms with E-state index in [0.29, 0.717) is 11.3 Å². The number of benzodiazepines with no additional fused rings is 1. The van der Waals surface area contributed by atoms with E-state index in [1.54, 1.807) is 41.7 Å². The highest BCUT2D eigenvalue weighted by molar-refractivity contribution is 6.19. The minimum Gasteiger partial charge on any atom is -0.313 e. The van der Waals surface area contributed by atoms with Crippen LogP contribution >= 0.6 is 0 Å². The zero-order valence-corrected chi connectivity index (χ0v) is 12.5. The summed E-state index contributed by atoms with van der Waals surface area (Å²) in [7, 11) is 1.73. The number of benzene rings is 2. The Morgan fingerprint density at radius 1 is 1.17 bits per heavy atom. The number of carbonyl (C=O) groups excluding carboxylic acids is 2. The van der Waals surface area contributed by atoms with Crippen LogP contribution in [0.3, 0.4) is 0 Å². The number of hydrogen-bond acceptors (Lipinski definition) is 4. The van der Waals surface area contributed by atoms with Gasteiger partial charge in [-0.15, -0.1) is 0 Å². The normalized spacial score (nSPS) is 13.9. The molecule has 0 saturated heterocycles. The highest BCUT2D eigenvalue weighted by Gasteiger charge is 2.22. The molecule has 1 heterocycles. The summed E-state index contributed by atoms with van der Waals surface area (Å²) >= 11 is 0. The van der Waals surface area contributed by atoms with Gasteiger partial charge in [0.2, 0.25) is 5.91 Å². The number of rotatable bonds is 2. The second kappa shape index (κ2) is 6.02. The standard InChI is InChI=1S/C17H15N3O3/c1-20-14-5-3-2-4-13(14)16(18-10-15(20)21)11-6-8-12(9-7-11)17(22)19-23/h2-9,23H,10H2,1H3,(H,19,22). The number of carbonyl (C=O) groups is 2. The maximum Gasteiger partial charge on any atom is 0.274 e. The van der Waals surface area contributed by atoms with Crippen LogP contribution in [0.1, 0.15) is 21.5 Å². The second-order valence-electron chi connectivity index (χ2n) is 5.15. The van der Waals surface area contributed by atoms with Crippen molar-refractivity contribution in [2.75, 3.05) is 18.5 Å². The van der Waals surface area contributed by atoms with Crippen molar-refractivity contribution in [3.8, 4) is 0 Å². The van der Waals surface area contributed by atoms with Gasteiger partial charge >= 0.3 is 0 Å². The summed E-state index contributed by atoms with van der Waals surface area (Å²) in [5, 5.41) is 8.67. The lowest BCUT2D eigenvalue weighted by atomic mass is 9.99. The average molecular weight is 309 g/mol. The quantitative estimate of drug-likeness (QED) is 0.653. The van der Waals surface area contributed by atoms with Crippen molar-refractivity contribution in [3.63, 3.8) is 0 Å². The molecule has 0 aliphatic carbocycles. The van der Waals surface area contributed by atoms with Crippen LogP contribution in [-0.2, 0) is 4.79 Å². The van der Waals surface area contributed by atoms with E-state index in [1.165, 1.54) is 0 Å². The van der Waals surface area contributed by atoms with Crippen LogP contribution in [0.5, 0.6) is 0 Å². The van der Waals surface area contributed by atoms with E-state index in [2.05, 4.69) is 4.99 Å². The molecule has 0 aromatic heterocycles. The van der Waals surface area contributed by atoms with Gasteiger partial charge in [0.25, 0.3) is 5.91 Å². The van der Waals surface area contributed by atoms with Crippen molar-refractivity contribution in [1.82, 2.24) is 5.48 Å². The smallest absolute Gasteiger partial charge is 0.274 e. The number of hydroxylamine groups is 1. The van der Waals surface area contributed by atoms with Gasteiger partial charge in [-0.25, -0.2) is 5.48 Å². The molecule has 2 aromatic carbocycles. The summed E-state index contributed by atoms with van der Waals surface area (Å²) in [6.07, 6.45) is 0. The van der Waals surface area contributed by atoms with Crippen LogP contribution in [0.4, 0.5) is 5.69 Å². The minimum absolute atomic E-state index is 0.0688. The van der Waals surface area contributed by atoms with Crippen molar-refractivity contribution in [3.05, 3.63) is 65.2 Å². The Bertz CT molecular complexity index is 797. The average Bonchev–Trinajstić information content (AvgIpc) is 2.72. The lowest BCUT2D eigenvalue weighted by Crippen LogP contribution is -2.27. The minimum atomic E-state index is -0.574. The van der Waals surface area contributed by atoms with E-state index >= 15 is 0 Å². The van der Waals surface area contributed by atoms with Gasteiger partial charge in [-0.1, -0.05) is 30.3 Å². The summed E-state index contributed by atoms with van der Waals surface area (Å²) in [6.45, 7) is 0.0688. The summed E-state index contributed by atoms with van der Waals surface area (Å²) in [6, 6.07) is 14.3. The van der Waals surface area contributed by atoms with Gasteiger partial charge in [-0.05, 0) is 18.2 Å². The van der Waals surface area contributed by atoms with Gasteiger partial charge in [-0.3, -0.25) is 19.8 Å². The lowest BCUT2D eigenvalue weighted by molar-refractivity contribution is -0.116. The molecule has 0 fully saturated rings. The summed E-state index contributed by atoms with van der Waals surface area (Å²) < 4.78 is 0. The third-order valence-electron chi connectivity index (χ3n) is 3.79. The SMILES string of the molecule is CN1C(=O)CN=C(c2ccc(C(=O)NO)cc2)c2ccccc21. The zero-order valence-electron chi connectivity index (χ0n) is 12.5. The molecule has 0 saturated carbocycles. The van der Waals surface area contributed by atoms with Gasteiger partial charge in [-0.2, -0.15) is 0 Å². The first-order valence-corrected chi connectivity index (χ1v) is 7.07. The van der Waals surface area contributed by atoms with E-state index in [9.17, 15) is 9.59 Å². The molecule has 0 atom stereocenters. The Kier molecular flexibility index (Phi) is 3.91. The van der Waals surface area contributed by atoms with Crippen LogP contribution in [-0.4, -0.2) is 36.3 Å². The fourth-order valence-electron chi connectivity index (χ4n) is 2.53. The number of fused-ring (bicyclic) bond motifs is 1. The number of para-hydroxylation sites is 1. The molecule has 2 amide bonds. The first-order chi connectivity index (χ1) is 11.1. The van der Waals surface area contributed by atoms with Crippen molar-refractivity contribution in [1.29, 1.82) is 0 Å². The predicted octanol–water partition coefficient (Wildman–Crippen LogP) is 1.62. The lowest BCUT2D eigenvalue weighted by Gasteiger charge is -2.17. The second-order valence-corrected chi connectivity index (χ2v) is 5.15. The first kappa shape index (κ1) is 14.9. The van der Waals surface area contributed by atoms with Crippen molar-refractivity contribution < 1.29 is 14.8 Å². The number of aliphatic imine (C=N–C) groups is 1. The predicted molar refractivity (Wildman–Crippen MR) is 86.1 cm³/mol. The summed E-state index contributed by atoms with van der Waals surface area (Å²) in [5.41, 5.74) is 5.10. The molecular weight excluding hydrogens is 294 g/mol. The number of likely N-dealkylation sites (N-methyl/N-ethyl adjacent to an activating group) is 1. The van der Waals surface area contributed by atoms with Crippen LogP contribution in [0.15, 0.2) is 53.5 Å².